The van der Waals surface area contributed by atoms with Crippen LogP contribution in [0.25, 0.3) is 0 Å². The number of nitrogens with zero attached hydrogens (tertiary/aromatic N) is 2. The number of hydrogen-bond donors (Lipinski definition) is 0. The Morgan fingerprint density at radius 2 is 1.90 bits per heavy atom. The van der Waals surface area contributed by atoms with Crippen LogP contribution in [-0.4, -0.2) is 47.9 Å². The molecule has 2 fully saturated rings. The molecule has 1 aromatic carbocycles. The Labute approximate surface area is 182 Å². The quantitative estimate of drug-likeness (QED) is 0.671. The highest BCUT2D eigenvalue weighted by Gasteiger charge is 2.43. The van der Waals surface area contributed by atoms with Crippen molar-refractivity contribution in [2.75, 3.05) is 20.3 Å². The topological polar surface area (TPSA) is 72.2 Å². The molecule has 0 radical (unpaired) electrons. The first-order valence-corrected chi connectivity index (χ1v) is 11.1. The van der Waals surface area contributed by atoms with Crippen LogP contribution in [0.5, 0.6) is 11.5 Å². The molecule has 1 aliphatic carbocycles. The first-order chi connectivity index (χ1) is 15.1. The van der Waals surface area contributed by atoms with E-state index in [2.05, 4.69) is 0 Å². The van der Waals surface area contributed by atoms with E-state index in [1.54, 1.807) is 41.4 Å². The van der Waals surface area contributed by atoms with Crippen LogP contribution >= 0.6 is 0 Å². The number of rotatable bonds is 7. The van der Waals surface area contributed by atoms with Gasteiger partial charge >= 0.3 is 0 Å². The van der Waals surface area contributed by atoms with Crippen molar-refractivity contribution in [1.29, 1.82) is 0 Å². The summed E-state index contributed by atoms with van der Waals surface area (Å²) in [6, 6.07) is 8.47. The van der Waals surface area contributed by atoms with Gasteiger partial charge in [-0.05, 0) is 49.6 Å². The zero-order chi connectivity index (χ0) is 21.8. The Hall–Kier alpha value is -2.96. The Morgan fingerprint density at radius 3 is 2.58 bits per heavy atom. The molecule has 0 N–H and O–H groups in total. The predicted molar refractivity (Wildman–Crippen MR) is 115 cm³/mol. The van der Waals surface area contributed by atoms with Crippen molar-refractivity contribution in [3.05, 3.63) is 47.9 Å². The molecule has 2 aromatic rings. The van der Waals surface area contributed by atoms with E-state index in [0.717, 1.165) is 25.7 Å². The Bertz CT molecular complexity index is 905. The highest BCUT2D eigenvalue weighted by Crippen LogP contribution is 2.37. The third-order valence-electron chi connectivity index (χ3n) is 6.18. The van der Waals surface area contributed by atoms with Gasteiger partial charge in [-0.2, -0.15) is 0 Å². The molecule has 7 nitrogen and oxygen atoms in total. The second-order valence-corrected chi connectivity index (χ2v) is 8.10. The van der Waals surface area contributed by atoms with E-state index in [-0.39, 0.29) is 30.9 Å². The van der Waals surface area contributed by atoms with Gasteiger partial charge in [0.1, 0.15) is 18.3 Å². The van der Waals surface area contributed by atoms with Gasteiger partial charge in [-0.15, -0.1) is 0 Å². The van der Waals surface area contributed by atoms with E-state index < -0.39 is 6.04 Å². The predicted octanol–water partition coefficient (Wildman–Crippen LogP) is 3.93. The van der Waals surface area contributed by atoms with Crippen LogP contribution in [0.15, 0.2) is 41.0 Å². The lowest BCUT2D eigenvalue weighted by Gasteiger charge is -2.44. The minimum absolute atomic E-state index is 0.0377. The molecule has 31 heavy (non-hydrogen) atoms. The molecule has 1 aliphatic heterocycles. The van der Waals surface area contributed by atoms with Gasteiger partial charge in [0.15, 0.2) is 11.5 Å². The molecule has 7 heteroatoms. The van der Waals surface area contributed by atoms with Crippen LogP contribution in [0.3, 0.4) is 0 Å². The fourth-order valence-corrected chi connectivity index (χ4v) is 4.65. The zero-order valence-corrected chi connectivity index (χ0v) is 18.2. The zero-order valence-electron chi connectivity index (χ0n) is 18.2. The highest BCUT2D eigenvalue weighted by atomic mass is 16.5. The molecular formula is C24H30N2O5. The lowest BCUT2D eigenvalue weighted by molar-refractivity contribution is -0.160. The molecular weight excluding hydrogens is 396 g/mol. The van der Waals surface area contributed by atoms with Gasteiger partial charge in [0, 0.05) is 6.04 Å². The Morgan fingerprint density at radius 1 is 1.10 bits per heavy atom. The van der Waals surface area contributed by atoms with E-state index in [1.807, 2.05) is 19.1 Å². The van der Waals surface area contributed by atoms with Crippen molar-refractivity contribution in [2.45, 2.75) is 57.7 Å². The fourth-order valence-electron chi connectivity index (χ4n) is 4.65. The third-order valence-corrected chi connectivity index (χ3v) is 6.18. The van der Waals surface area contributed by atoms with Crippen molar-refractivity contribution in [3.8, 4) is 11.5 Å². The lowest BCUT2D eigenvalue weighted by Crippen LogP contribution is -2.58. The second-order valence-electron chi connectivity index (χ2n) is 8.10. The lowest BCUT2D eigenvalue weighted by atomic mass is 9.91. The maximum Gasteiger partial charge on any atom is 0.250 e. The van der Waals surface area contributed by atoms with Gasteiger partial charge in [-0.1, -0.05) is 25.3 Å². The number of hydrogen-bond acceptors (Lipinski definition) is 5. The first kappa shape index (κ1) is 21.3. The standard InChI is InChI=1S/C24H30N2O5/c1-3-30-20-12-11-17(14-21(20)29-2)23-24(28)25(18-8-5-4-6-9-18)16-22(27)26(23)15-19-10-7-13-31-19/h7,10-14,18,23H,3-6,8-9,15-16H2,1-2H3/t23-/m0/s1. The molecule has 2 heterocycles. The fraction of sp³-hybridized carbons (Fsp3) is 0.500. The molecule has 166 valence electrons. The molecule has 1 saturated carbocycles. The summed E-state index contributed by atoms with van der Waals surface area (Å²) < 4.78 is 16.6. The number of amides is 2. The number of ether oxygens (including phenoxy) is 2. The minimum Gasteiger partial charge on any atom is -0.493 e. The third kappa shape index (κ3) is 4.40. The van der Waals surface area contributed by atoms with Gasteiger partial charge in [-0.25, -0.2) is 0 Å². The smallest absolute Gasteiger partial charge is 0.250 e. The van der Waals surface area contributed by atoms with Gasteiger partial charge in [0.2, 0.25) is 5.91 Å². The average molecular weight is 427 g/mol. The SMILES string of the molecule is CCOc1ccc([C@H]2C(=O)N(C3CCCCC3)CC(=O)N2Cc2ccco2)cc1OC. The molecule has 1 atom stereocenters. The van der Waals surface area contributed by atoms with Crippen molar-refractivity contribution in [1.82, 2.24) is 9.80 Å². The van der Waals surface area contributed by atoms with E-state index in [0.29, 0.717) is 29.4 Å². The Balaban J connectivity index is 1.70. The van der Waals surface area contributed by atoms with Gasteiger partial charge in [0.25, 0.3) is 5.91 Å². The highest BCUT2D eigenvalue weighted by molar-refractivity contribution is 5.96. The average Bonchev–Trinajstić information content (AvgIpc) is 3.31. The molecule has 2 amide bonds. The van der Waals surface area contributed by atoms with E-state index >= 15 is 0 Å². The number of piperazine rings is 1. The molecule has 2 aliphatic rings. The van der Waals surface area contributed by atoms with E-state index in [4.69, 9.17) is 13.9 Å². The molecule has 1 aromatic heterocycles. The summed E-state index contributed by atoms with van der Waals surface area (Å²) in [6.07, 6.45) is 6.87. The summed E-state index contributed by atoms with van der Waals surface area (Å²) in [5.41, 5.74) is 0.714. The van der Waals surface area contributed by atoms with Crippen LogP contribution in [0, 0.1) is 0 Å². The van der Waals surface area contributed by atoms with Crippen molar-refractivity contribution < 1.29 is 23.5 Å². The molecule has 4 rings (SSSR count). The molecule has 0 bridgehead atoms. The molecule has 1 saturated heterocycles. The summed E-state index contributed by atoms with van der Waals surface area (Å²) in [5.74, 6) is 1.70. The van der Waals surface area contributed by atoms with Crippen LogP contribution in [-0.2, 0) is 16.1 Å². The van der Waals surface area contributed by atoms with E-state index in [1.165, 1.54) is 6.42 Å². The Kier molecular flexibility index (Phi) is 6.49. The van der Waals surface area contributed by atoms with Gasteiger partial charge < -0.3 is 23.7 Å². The van der Waals surface area contributed by atoms with Crippen molar-refractivity contribution in [2.24, 2.45) is 0 Å². The number of benzene rings is 1. The van der Waals surface area contributed by atoms with Gasteiger partial charge in [0.05, 0.1) is 26.5 Å². The maximum atomic E-state index is 13.7. The summed E-state index contributed by atoms with van der Waals surface area (Å²) in [5, 5.41) is 0. The largest absolute Gasteiger partial charge is 0.493 e. The second kappa shape index (κ2) is 9.45. The van der Waals surface area contributed by atoms with E-state index in [9.17, 15) is 9.59 Å². The maximum absolute atomic E-state index is 13.7. The number of methoxy groups -OCH3 is 1. The summed E-state index contributed by atoms with van der Waals surface area (Å²) in [6.45, 7) is 2.78. The summed E-state index contributed by atoms with van der Waals surface area (Å²) >= 11 is 0. The number of furan rings is 1. The number of carbonyl (C=O) groups is 2. The summed E-state index contributed by atoms with van der Waals surface area (Å²) in [4.78, 5) is 30.4. The van der Waals surface area contributed by atoms with Crippen LogP contribution < -0.4 is 9.47 Å². The van der Waals surface area contributed by atoms with Crippen molar-refractivity contribution >= 4 is 11.8 Å². The van der Waals surface area contributed by atoms with Gasteiger partial charge in [-0.3, -0.25) is 9.59 Å². The summed E-state index contributed by atoms with van der Waals surface area (Å²) in [7, 11) is 1.57. The molecule has 0 spiro atoms. The van der Waals surface area contributed by atoms with Crippen LogP contribution in [0.4, 0.5) is 0 Å². The normalized spacial score (nSPS) is 20.3. The molecule has 0 unspecified atom stereocenters. The number of carbonyl (C=O) groups excluding carboxylic acids is 2. The van der Waals surface area contributed by atoms with Crippen molar-refractivity contribution in [3.63, 3.8) is 0 Å². The monoisotopic (exact) mass is 426 g/mol. The first-order valence-electron chi connectivity index (χ1n) is 11.1. The van der Waals surface area contributed by atoms with Crippen LogP contribution in [0.1, 0.15) is 56.4 Å². The van der Waals surface area contributed by atoms with Crippen LogP contribution in [0.2, 0.25) is 0 Å². The minimum atomic E-state index is -0.724.